The Labute approximate surface area is 243 Å². The van der Waals surface area contributed by atoms with Crippen molar-refractivity contribution in [3.8, 4) is 0 Å². The molecule has 5 amide bonds. The molecule has 1 radical (unpaired) electrons. The highest BCUT2D eigenvalue weighted by Gasteiger charge is 2.26. The molecule has 0 unspecified atom stereocenters. The average Bonchev–Trinajstić information content (AvgIpc) is 3.39. The summed E-state index contributed by atoms with van der Waals surface area (Å²) in [6.45, 7) is 8.69. The van der Waals surface area contributed by atoms with Crippen LogP contribution in [0.1, 0.15) is 75.7 Å². The number of nitrogens with two attached hydrogens (primary N) is 1. The summed E-state index contributed by atoms with van der Waals surface area (Å²) >= 11 is 3.11. The summed E-state index contributed by atoms with van der Waals surface area (Å²) < 4.78 is 1.49. The molecule has 2 aromatic rings. The van der Waals surface area contributed by atoms with E-state index < -0.39 is 12.1 Å². The van der Waals surface area contributed by atoms with E-state index >= 15 is 0 Å². The van der Waals surface area contributed by atoms with Crippen molar-refractivity contribution in [2.24, 2.45) is 11.7 Å². The Balaban J connectivity index is 2.04. The van der Waals surface area contributed by atoms with Gasteiger partial charge in [0, 0.05) is 25.2 Å². The number of benzene rings is 1. The van der Waals surface area contributed by atoms with E-state index in [1.165, 1.54) is 4.68 Å². The van der Waals surface area contributed by atoms with Crippen LogP contribution in [0.25, 0.3) is 0 Å². The van der Waals surface area contributed by atoms with Crippen LogP contribution >= 0.6 is 15.9 Å². The Morgan fingerprint density at radius 1 is 1.00 bits per heavy atom. The standard InChI is InChI=1S/C27H40BrN8O4/c1-18(2)25(33-23(37)9-5-4-6-14-30-24(38)16-28)21-17-36(35-34-21)22(8-7-15-31-27(29)40)26(39)32-20-12-10-19(3)11-13-20/h10-13,17-18,22,25H,3-9,14-16H2,1-2H3,(H,30,38)(H,32,39)(H,33,37)(H3,29,31,40)/t22-,25-/m0/s1. The zero-order valence-corrected chi connectivity index (χ0v) is 24.7. The van der Waals surface area contributed by atoms with Crippen molar-refractivity contribution in [1.29, 1.82) is 0 Å². The van der Waals surface area contributed by atoms with Crippen molar-refractivity contribution in [2.75, 3.05) is 23.7 Å². The summed E-state index contributed by atoms with van der Waals surface area (Å²) in [5.74, 6) is -0.412. The smallest absolute Gasteiger partial charge is 0.312 e. The number of urea groups is 1. The first-order valence-electron chi connectivity index (χ1n) is 13.4. The molecule has 0 aliphatic heterocycles. The Morgan fingerprint density at radius 3 is 2.35 bits per heavy atom. The fraction of sp³-hybridized carbons (Fsp3) is 0.519. The number of anilines is 1. The molecule has 1 heterocycles. The van der Waals surface area contributed by atoms with Gasteiger partial charge in [-0.05, 0) is 56.2 Å². The molecule has 219 valence electrons. The lowest BCUT2D eigenvalue weighted by Crippen LogP contribution is -2.32. The third kappa shape index (κ3) is 11.7. The normalized spacial score (nSPS) is 12.4. The number of unbranched alkanes of at least 4 members (excludes halogenated alkanes) is 2. The van der Waals surface area contributed by atoms with Crippen molar-refractivity contribution in [1.82, 2.24) is 30.9 Å². The van der Waals surface area contributed by atoms with E-state index in [1.807, 2.05) is 13.8 Å². The van der Waals surface area contributed by atoms with Crippen LogP contribution < -0.4 is 27.0 Å². The van der Waals surface area contributed by atoms with Gasteiger partial charge in [-0.1, -0.05) is 53.5 Å². The molecule has 0 saturated heterocycles. The molecule has 0 bridgehead atoms. The molecule has 2 atom stereocenters. The first-order valence-corrected chi connectivity index (χ1v) is 14.5. The SMILES string of the molecule is [CH2]c1ccc(NC(=O)[C@H](CCCNC(N)=O)n2cc([C@@H](NC(=O)CCCCCNC(=O)CBr)C(C)C)nn2)cc1. The topological polar surface area (TPSA) is 173 Å². The highest BCUT2D eigenvalue weighted by atomic mass is 79.9. The number of carbonyl (C=O) groups is 4. The van der Waals surface area contributed by atoms with Crippen LogP contribution in [0.4, 0.5) is 10.5 Å². The number of halogens is 1. The van der Waals surface area contributed by atoms with Gasteiger partial charge in [-0.15, -0.1) is 5.10 Å². The summed E-state index contributed by atoms with van der Waals surface area (Å²) in [5.41, 5.74) is 7.15. The number of hydrogen-bond acceptors (Lipinski definition) is 6. The Hall–Kier alpha value is -3.48. The summed E-state index contributed by atoms with van der Waals surface area (Å²) in [4.78, 5) is 48.2. The summed E-state index contributed by atoms with van der Waals surface area (Å²) in [6.07, 6.45) is 5.21. The molecule has 2 rings (SSSR count). The van der Waals surface area contributed by atoms with Gasteiger partial charge in [0.15, 0.2) is 0 Å². The van der Waals surface area contributed by atoms with E-state index in [0.717, 1.165) is 18.4 Å². The van der Waals surface area contributed by atoms with Gasteiger partial charge in [0.05, 0.1) is 17.6 Å². The molecule has 0 saturated carbocycles. The maximum Gasteiger partial charge on any atom is 0.312 e. The molecule has 40 heavy (non-hydrogen) atoms. The minimum atomic E-state index is -0.705. The predicted octanol–water partition coefficient (Wildman–Crippen LogP) is 2.97. The summed E-state index contributed by atoms with van der Waals surface area (Å²) in [5, 5.41) is 20.1. The second-order valence-electron chi connectivity index (χ2n) is 9.84. The molecule has 13 heteroatoms. The second kappa shape index (κ2) is 17.3. The van der Waals surface area contributed by atoms with E-state index in [2.05, 4.69) is 54.4 Å². The highest BCUT2D eigenvalue weighted by Crippen LogP contribution is 2.23. The first-order chi connectivity index (χ1) is 19.1. The van der Waals surface area contributed by atoms with Crippen LogP contribution in [0.3, 0.4) is 0 Å². The van der Waals surface area contributed by atoms with E-state index in [1.54, 1.807) is 30.5 Å². The third-order valence-corrected chi connectivity index (χ3v) is 6.66. The zero-order chi connectivity index (χ0) is 29.5. The number of rotatable bonds is 17. The molecule has 1 aromatic carbocycles. The van der Waals surface area contributed by atoms with Crippen molar-refractivity contribution in [2.45, 2.75) is 64.5 Å². The third-order valence-electron chi connectivity index (χ3n) is 6.15. The minimum Gasteiger partial charge on any atom is -0.355 e. The monoisotopic (exact) mass is 619 g/mol. The zero-order valence-electron chi connectivity index (χ0n) is 23.1. The molecule has 0 fully saturated rings. The number of primary amides is 1. The Morgan fingerprint density at radius 2 is 1.70 bits per heavy atom. The molecule has 12 nitrogen and oxygen atoms in total. The number of nitrogens with zero attached hydrogens (tertiary/aromatic N) is 3. The van der Waals surface area contributed by atoms with E-state index in [0.29, 0.717) is 50.2 Å². The lowest BCUT2D eigenvalue weighted by atomic mass is 10.0. The van der Waals surface area contributed by atoms with Crippen LogP contribution in [0.15, 0.2) is 30.5 Å². The van der Waals surface area contributed by atoms with Gasteiger partial charge in [0.1, 0.15) is 11.7 Å². The van der Waals surface area contributed by atoms with E-state index in [-0.39, 0.29) is 35.0 Å². The Bertz CT molecular complexity index is 1110. The van der Waals surface area contributed by atoms with Crippen LogP contribution in [0, 0.1) is 12.8 Å². The number of carbonyl (C=O) groups excluding carboxylic acids is 4. The summed E-state index contributed by atoms with van der Waals surface area (Å²) in [6, 6.07) is 5.41. The number of aromatic nitrogens is 3. The average molecular weight is 621 g/mol. The van der Waals surface area contributed by atoms with Gasteiger partial charge >= 0.3 is 6.03 Å². The van der Waals surface area contributed by atoms with Crippen LogP contribution in [0.5, 0.6) is 0 Å². The number of nitrogens with one attached hydrogen (secondary N) is 4. The number of alkyl halides is 1. The van der Waals surface area contributed by atoms with Gasteiger partial charge in [-0.2, -0.15) is 0 Å². The largest absolute Gasteiger partial charge is 0.355 e. The van der Waals surface area contributed by atoms with Crippen molar-refractivity contribution in [3.63, 3.8) is 0 Å². The fourth-order valence-electron chi connectivity index (χ4n) is 3.98. The van der Waals surface area contributed by atoms with Crippen LogP contribution in [-0.2, 0) is 14.4 Å². The maximum absolute atomic E-state index is 13.2. The summed E-state index contributed by atoms with van der Waals surface area (Å²) in [7, 11) is 0. The van der Waals surface area contributed by atoms with Crippen molar-refractivity contribution >= 4 is 45.4 Å². The first kappa shape index (κ1) is 32.7. The quantitative estimate of drug-likeness (QED) is 0.134. The molecule has 0 spiro atoms. The number of hydrogen-bond donors (Lipinski definition) is 5. The lowest BCUT2D eigenvalue weighted by molar-refractivity contribution is -0.122. The maximum atomic E-state index is 13.2. The fourth-order valence-corrected chi connectivity index (χ4v) is 4.18. The second-order valence-corrected chi connectivity index (χ2v) is 10.4. The van der Waals surface area contributed by atoms with Gasteiger partial charge < -0.3 is 27.0 Å². The van der Waals surface area contributed by atoms with E-state index in [9.17, 15) is 19.2 Å². The molecule has 1 aromatic heterocycles. The molecular formula is C27H40BrN8O4. The molecule has 0 aliphatic carbocycles. The lowest BCUT2D eigenvalue weighted by Gasteiger charge is -2.20. The molecule has 0 aliphatic rings. The van der Waals surface area contributed by atoms with Gasteiger partial charge in [-0.25, -0.2) is 9.48 Å². The number of amides is 5. The van der Waals surface area contributed by atoms with Crippen molar-refractivity contribution < 1.29 is 19.2 Å². The Kier molecular flexibility index (Phi) is 14.1. The van der Waals surface area contributed by atoms with Gasteiger partial charge in [-0.3, -0.25) is 14.4 Å². The highest BCUT2D eigenvalue weighted by molar-refractivity contribution is 9.09. The van der Waals surface area contributed by atoms with Crippen LogP contribution in [-0.4, -0.2) is 57.2 Å². The minimum absolute atomic E-state index is 0.0294. The van der Waals surface area contributed by atoms with Crippen molar-refractivity contribution in [3.05, 3.63) is 48.6 Å². The molecule has 6 N–H and O–H groups in total. The van der Waals surface area contributed by atoms with Gasteiger partial charge in [0.2, 0.25) is 17.7 Å². The molecular weight excluding hydrogens is 580 g/mol. The van der Waals surface area contributed by atoms with Crippen LogP contribution in [0.2, 0.25) is 0 Å². The predicted molar refractivity (Wildman–Crippen MR) is 156 cm³/mol. The van der Waals surface area contributed by atoms with Gasteiger partial charge in [0.25, 0.3) is 0 Å². The van der Waals surface area contributed by atoms with E-state index in [4.69, 9.17) is 5.73 Å².